The molecule has 1 aliphatic heterocycles. The van der Waals surface area contributed by atoms with Crippen LogP contribution in [0.3, 0.4) is 0 Å². The summed E-state index contributed by atoms with van der Waals surface area (Å²) < 4.78 is 18.5. The molecule has 0 radical (unpaired) electrons. The van der Waals surface area contributed by atoms with Crippen LogP contribution in [0, 0.1) is 25.6 Å². The average molecular weight is 369 g/mol. The standard InChI is InChI=1S/C22H24FNO3/c1-15-3-4-16(2)19(13-15)14-27-22(26)18-9-11-24(12-10-18)21(25)17-5-7-20(23)8-6-17/h3-8,13,18H,9-12,14H2,1-2H3. The van der Waals surface area contributed by atoms with Crippen molar-refractivity contribution in [2.75, 3.05) is 13.1 Å². The van der Waals surface area contributed by atoms with Crippen LogP contribution in [0.4, 0.5) is 4.39 Å². The highest BCUT2D eigenvalue weighted by molar-refractivity contribution is 5.94. The molecule has 0 atom stereocenters. The Morgan fingerprint density at radius 2 is 1.74 bits per heavy atom. The Morgan fingerprint density at radius 1 is 1.07 bits per heavy atom. The summed E-state index contributed by atoms with van der Waals surface area (Å²) in [6.45, 7) is 5.29. The van der Waals surface area contributed by atoms with Gasteiger partial charge >= 0.3 is 5.97 Å². The van der Waals surface area contributed by atoms with Gasteiger partial charge in [-0.15, -0.1) is 0 Å². The maximum absolute atomic E-state index is 13.0. The molecule has 0 N–H and O–H groups in total. The maximum Gasteiger partial charge on any atom is 0.309 e. The van der Waals surface area contributed by atoms with Gasteiger partial charge in [0.1, 0.15) is 12.4 Å². The van der Waals surface area contributed by atoms with E-state index in [4.69, 9.17) is 4.74 Å². The summed E-state index contributed by atoms with van der Waals surface area (Å²) in [7, 11) is 0. The fourth-order valence-electron chi connectivity index (χ4n) is 3.32. The Bertz CT molecular complexity index is 824. The van der Waals surface area contributed by atoms with Crippen molar-refractivity contribution in [3.63, 3.8) is 0 Å². The summed E-state index contributed by atoms with van der Waals surface area (Å²) in [5.41, 5.74) is 3.73. The second-order valence-corrected chi connectivity index (χ2v) is 7.11. The predicted octanol–water partition coefficient (Wildman–Crippen LogP) is 4.04. The molecule has 2 aromatic carbocycles. The zero-order valence-electron chi connectivity index (χ0n) is 15.7. The molecule has 0 bridgehead atoms. The van der Waals surface area contributed by atoms with Crippen LogP contribution in [0.25, 0.3) is 0 Å². The zero-order chi connectivity index (χ0) is 19.4. The largest absolute Gasteiger partial charge is 0.461 e. The van der Waals surface area contributed by atoms with Crippen LogP contribution < -0.4 is 0 Å². The highest BCUT2D eigenvalue weighted by Gasteiger charge is 2.28. The van der Waals surface area contributed by atoms with Crippen molar-refractivity contribution in [2.45, 2.75) is 33.3 Å². The lowest BCUT2D eigenvalue weighted by atomic mass is 9.96. The van der Waals surface area contributed by atoms with Crippen molar-refractivity contribution in [3.8, 4) is 0 Å². The third-order valence-corrected chi connectivity index (χ3v) is 5.08. The maximum atomic E-state index is 13.0. The number of benzene rings is 2. The number of amides is 1. The Balaban J connectivity index is 1.51. The molecule has 0 saturated carbocycles. The van der Waals surface area contributed by atoms with Crippen molar-refractivity contribution in [1.29, 1.82) is 0 Å². The Kier molecular flexibility index (Phi) is 5.89. The minimum atomic E-state index is -0.364. The molecule has 142 valence electrons. The Hall–Kier alpha value is -2.69. The molecule has 1 fully saturated rings. The summed E-state index contributed by atoms with van der Waals surface area (Å²) in [5.74, 6) is -0.883. The van der Waals surface area contributed by atoms with E-state index in [0.717, 1.165) is 16.7 Å². The lowest BCUT2D eigenvalue weighted by Gasteiger charge is -2.31. The van der Waals surface area contributed by atoms with Gasteiger partial charge in [0.2, 0.25) is 0 Å². The van der Waals surface area contributed by atoms with E-state index in [0.29, 0.717) is 31.5 Å². The van der Waals surface area contributed by atoms with Crippen LogP contribution in [-0.2, 0) is 16.1 Å². The molecule has 1 saturated heterocycles. The summed E-state index contributed by atoms with van der Waals surface area (Å²) in [5, 5.41) is 0. The number of hydrogen-bond donors (Lipinski definition) is 0. The lowest BCUT2D eigenvalue weighted by molar-refractivity contribution is -0.151. The number of nitrogens with zero attached hydrogens (tertiary/aromatic N) is 1. The molecule has 5 heteroatoms. The predicted molar refractivity (Wildman–Crippen MR) is 101 cm³/mol. The van der Waals surface area contributed by atoms with Gasteiger partial charge in [-0.25, -0.2) is 4.39 Å². The molecule has 1 amide bonds. The van der Waals surface area contributed by atoms with Crippen LogP contribution >= 0.6 is 0 Å². The topological polar surface area (TPSA) is 46.6 Å². The number of esters is 1. The quantitative estimate of drug-likeness (QED) is 0.764. The van der Waals surface area contributed by atoms with E-state index in [1.54, 1.807) is 4.90 Å². The molecule has 27 heavy (non-hydrogen) atoms. The Morgan fingerprint density at radius 3 is 2.41 bits per heavy atom. The number of hydrogen-bond acceptors (Lipinski definition) is 3. The number of rotatable bonds is 4. The normalized spacial score (nSPS) is 14.9. The Labute approximate surface area is 158 Å². The van der Waals surface area contributed by atoms with E-state index in [1.165, 1.54) is 24.3 Å². The molecular weight excluding hydrogens is 345 g/mol. The lowest BCUT2D eigenvalue weighted by Crippen LogP contribution is -2.40. The van der Waals surface area contributed by atoms with Crippen molar-refractivity contribution in [3.05, 3.63) is 70.5 Å². The third kappa shape index (κ3) is 4.73. The van der Waals surface area contributed by atoms with E-state index >= 15 is 0 Å². The number of likely N-dealkylation sites (tertiary alicyclic amines) is 1. The van der Waals surface area contributed by atoms with E-state index in [-0.39, 0.29) is 30.2 Å². The summed E-state index contributed by atoms with van der Waals surface area (Å²) in [6.07, 6.45) is 1.16. The smallest absolute Gasteiger partial charge is 0.309 e. The van der Waals surface area contributed by atoms with Crippen LogP contribution in [0.2, 0.25) is 0 Å². The molecular formula is C22H24FNO3. The van der Waals surface area contributed by atoms with Crippen LogP contribution in [0.1, 0.15) is 39.9 Å². The molecule has 4 nitrogen and oxygen atoms in total. The van der Waals surface area contributed by atoms with Crippen molar-refractivity contribution in [1.82, 2.24) is 4.90 Å². The summed E-state index contributed by atoms with van der Waals surface area (Å²) in [6, 6.07) is 11.6. The monoisotopic (exact) mass is 369 g/mol. The van der Waals surface area contributed by atoms with E-state index in [2.05, 4.69) is 0 Å². The highest BCUT2D eigenvalue weighted by Crippen LogP contribution is 2.21. The van der Waals surface area contributed by atoms with Gasteiger partial charge in [-0.05, 0) is 62.1 Å². The van der Waals surface area contributed by atoms with Gasteiger partial charge in [-0.2, -0.15) is 0 Å². The van der Waals surface area contributed by atoms with Gasteiger partial charge in [-0.1, -0.05) is 23.8 Å². The highest BCUT2D eigenvalue weighted by atomic mass is 19.1. The fraction of sp³-hybridized carbons (Fsp3) is 0.364. The molecule has 3 rings (SSSR count). The number of aryl methyl sites for hydroxylation is 2. The van der Waals surface area contributed by atoms with Crippen LogP contribution in [-0.4, -0.2) is 29.9 Å². The number of carbonyl (C=O) groups excluding carboxylic acids is 2. The van der Waals surface area contributed by atoms with Crippen molar-refractivity contribution >= 4 is 11.9 Å². The first-order valence-electron chi connectivity index (χ1n) is 9.21. The number of piperidine rings is 1. The van der Waals surface area contributed by atoms with Crippen molar-refractivity contribution in [2.24, 2.45) is 5.92 Å². The first-order chi connectivity index (χ1) is 12.9. The number of halogens is 1. The molecule has 1 heterocycles. The van der Waals surface area contributed by atoms with Gasteiger partial charge in [-0.3, -0.25) is 9.59 Å². The van der Waals surface area contributed by atoms with Crippen LogP contribution in [0.5, 0.6) is 0 Å². The van der Waals surface area contributed by atoms with Crippen LogP contribution in [0.15, 0.2) is 42.5 Å². The first kappa shape index (κ1) is 19.1. The minimum absolute atomic E-state index is 0.128. The number of carbonyl (C=O) groups is 2. The number of ether oxygens (including phenoxy) is 1. The van der Waals surface area contributed by atoms with Gasteiger partial charge in [0.05, 0.1) is 5.92 Å². The average Bonchev–Trinajstić information content (AvgIpc) is 2.68. The van der Waals surface area contributed by atoms with Gasteiger partial charge < -0.3 is 9.64 Å². The van der Waals surface area contributed by atoms with E-state index in [1.807, 2.05) is 32.0 Å². The van der Waals surface area contributed by atoms with Crippen molar-refractivity contribution < 1.29 is 18.7 Å². The molecule has 1 aliphatic rings. The molecule has 0 spiro atoms. The van der Waals surface area contributed by atoms with E-state index in [9.17, 15) is 14.0 Å². The van der Waals surface area contributed by atoms with Gasteiger partial charge in [0.25, 0.3) is 5.91 Å². The summed E-state index contributed by atoms with van der Waals surface area (Å²) >= 11 is 0. The minimum Gasteiger partial charge on any atom is -0.461 e. The second kappa shape index (κ2) is 8.33. The fourth-order valence-corrected chi connectivity index (χ4v) is 3.32. The van der Waals surface area contributed by atoms with Gasteiger partial charge in [0.15, 0.2) is 0 Å². The molecule has 0 aliphatic carbocycles. The molecule has 0 unspecified atom stereocenters. The van der Waals surface area contributed by atoms with Gasteiger partial charge in [0, 0.05) is 18.7 Å². The van der Waals surface area contributed by atoms with E-state index < -0.39 is 0 Å². The summed E-state index contributed by atoms with van der Waals surface area (Å²) in [4.78, 5) is 26.5. The second-order valence-electron chi connectivity index (χ2n) is 7.11. The zero-order valence-corrected chi connectivity index (χ0v) is 15.7. The SMILES string of the molecule is Cc1ccc(C)c(COC(=O)C2CCN(C(=O)c3ccc(F)cc3)CC2)c1. The first-order valence-corrected chi connectivity index (χ1v) is 9.21. The third-order valence-electron chi connectivity index (χ3n) is 5.08. The molecule has 0 aromatic heterocycles. The molecule has 2 aromatic rings.